The summed E-state index contributed by atoms with van der Waals surface area (Å²) in [6.45, 7) is 2.06. The van der Waals surface area contributed by atoms with Crippen LogP contribution in [0.25, 0.3) is 10.9 Å². The first-order valence-electron chi connectivity index (χ1n) is 8.03. The molecule has 0 radical (unpaired) electrons. The molecule has 3 rings (SSSR count). The number of hydrogen-bond acceptors (Lipinski definition) is 4. The van der Waals surface area contributed by atoms with Gasteiger partial charge in [-0.15, -0.1) is 0 Å². The fourth-order valence-electron chi connectivity index (χ4n) is 2.67. The van der Waals surface area contributed by atoms with Gasteiger partial charge in [-0.25, -0.2) is 12.8 Å². The lowest BCUT2D eigenvalue weighted by Crippen LogP contribution is -2.18. The minimum absolute atomic E-state index is 0.177. The first-order chi connectivity index (χ1) is 13.1. The Bertz CT molecular complexity index is 1130. The fourth-order valence-corrected chi connectivity index (χ4v) is 3.95. The molecule has 0 aliphatic carbocycles. The van der Waals surface area contributed by atoms with Gasteiger partial charge in [-0.2, -0.15) is 13.2 Å². The van der Waals surface area contributed by atoms with E-state index in [0.29, 0.717) is 12.4 Å². The maximum absolute atomic E-state index is 13.3. The molecule has 0 atom stereocenters. The maximum atomic E-state index is 13.3. The van der Waals surface area contributed by atoms with Crippen LogP contribution in [0.4, 0.5) is 23.2 Å². The Labute approximate surface area is 158 Å². The molecule has 0 spiro atoms. The van der Waals surface area contributed by atoms with Crippen molar-refractivity contribution < 1.29 is 30.7 Å². The third kappa shape index (κ3) is 3.86. The molecule has 0 aliphatic rings. The van der Waals surface area contributed by atoms with Crippen molar-refractivity contribution in [3.8, 4) is 5.75 Å². The highest BCUT2D eigenvalue weighted by atomic mass is 32.2. The van der Waals surface area contributed by atoms with Crippen molar-refractivity contribution in [1.82, 2.24) is 4.98 Å². The standard InChI is InChI=1S/C18H14F4N2O3S/c1-2-27-15-7-8-16(12-4-3-9-23-17(12)15)28(25,26)24-14-6-5-11(19)10-13(14)18(20,21)22/h3-10,24H,2H2,1H3. The number of pyridine rings is 1. The molecule has 5 nitrogen and oxygen atoms in total. The summed E-state index contributed by atoms with van der Waals surface area (Å²) in [6.07, 6.45) is -3.50. The van der Waals surface area contributed by atoms with E-state index in [0.717, 1.165) is 12.1 Å². The van der Waals surface area contributed by atoms with Gasteiger partial charge in [0, 0.05) is 11.6 Å². The molecule has 148 valence electrons. The zero-order valence-corrected chi connectivity index (χ0v) is 15.2. The zero-order chi connectivity index (χ0) is 20.5. The van der Waals surface area contributed by atoms with Crippen LogP contribution in [0.3, 0.4) is 0 Å². The summed E-state index contributed by atoms with van der Waals surface area (Å²) in [5.41, 5.74) is -1.95. The molecule has 1 heterocycles. The number of benzene rings is 2. The van der Waals surface area contributed by atoms with Crippen molar-refractivity contribution in [2.75, 3.05) is 11.3 Å². The average Bonchev–Trinajstić information content (AvgIpc) is 2.62. The Morgan fingerprint density at radius 3 is 2.57 bits per heavy atom. The molecule has 28 heavy (non-hydrogen) atoms. The molecule has 0 unspecified atom stereocenters. The molecule has 0 saturated heterocycles. The lowest BCUT2D eigenvalue weighted by Gasteiger charge is -2.16. The van der Waals surface area contributed by atoms with E-state index in [-0.39, 0.29) is 21.9 Å². The van der Waals surface area contributed by atoms with Crippen molar-refractivity contribution in [2.45, 2.75) is 18.0 Å². The Balaban J connectivity index is 2.12. The fraction of sp³-hybridized carbons (Fsp3) is 0.167. The number of sulfonamides is 1. The van der Waals surface area contributed by atoms with E-state index in [1.54, 1.807) is 6.92 Å². The molecular weight excluding hydrogens is 400 g/mol. The van der Waals surface area contributed by atoms with E-state index < -0.39 is 33.3 Å². The van der Waals surface area contributed by atoms with Gasteiger partial charge < -0.3 is 4.74 Å². The topological polar surface area (TPSA) is 68.3 Å². The molecule has 1 aromatic heterocycles. The summed E-state index contributed by atoms with van der Waals surface area (Å²) in [5.74, 6) is -0.791. The predicted octanol–water partition coefficient (Wildman–Crippen LogP) is 4.59. The number of fused-ring (bicyclic) bond motifs is 1. The van der Waals surface area contributed by atoms with Gasteiger partial charge in [0.1, 0.15) is 17.1 Å². The van der Waals surface area contributed by atoms with E-state index >= 15 is 0 Å². The first kappa shape index (κ1) is 19.9. The molecule has 0 saturated carbocycles. The number of anilines is 1. The smallest absolute Gasteiger partial charge is 0.418 e. The molecule has 0 aliphatic heterocycles. The minimum Gasteiger partial charge on any atom is -0.492 e. The second-order valence-electron chi connectivity index (χ2n) is 5.69. The van der Waals surface area contributed by atoms with Crippen LogP contribution in [-0.4, -0.2) is 20.0 Å². The summed E-state index contributed by atoms with van der Waals surface area (Å²) >= 11 is 0. The van der Waals surface area contributed by atoms with Crippen LogP contribution >= 0.6 is 0 Å². The van der Waals surface area contributed by atoms with E-state index in [1.165, 1.54) is 30.5 Å². The van der Waals surface area contributed by atoms with Gasteiger partial charge in [-0.1, -0.05) is 0 Å². The van der Waals surface area contributed by atoms with Gasteiger partial charge in [0.15, 0.2) is 0 Å². The van der Waals surface area contributed by atoms with Gasteiger partial charge >= 0.3 is 6.18 Å². The third-order valence-corrected chi connectivity index (χ3v) is 5.24. The number of halogens is 4. The predicted molar refractivity (Wildman–Crippen MR) is 95.1 cm³/mol. The monoisotopic (exact) mass is 414 g/mol. The van der Waals surface area contributed by atoms with E-state index in [9.17, 15) is 26.0 Å². The Kier molecular flexibility index (Phi) is 5.16. The number of nitrogens with zero attached hydrogens (tertiary/aromatic N) is 1. The minimum atomic E-state index is -4.94. The van der Waals surface area contributed by atoms with E-state index in [1.807, 2.05) is 4.72 Å². The summed E-state index contributed by atoms with van der Waals surface area (Å²) in [4.78, 5) is 3.82. The molecule has 1 N–H and O–H groups in total. The summed E-state index contributed by atoms with van der Waals surface area (Å²) in [5, 5.41) is 0.177. The van der Waals surface area contributed by atoms with Crippen molar-refractivity contribution in [3.05, 3.63) is 60.0 Å². The Hall–Kier alpha value is -2.88. The van der Waals surface area contributed by atoms with Crippen LogP contribution in [-0.2, 0) is 16.2 Å². The Morgan fingerprint density at radius 1 is 1.14 bits per heavy atom. The van der Waals surface area contributed by atoms with Crippen molar-refractivity contribution in [1.29, 1.82) is 0 Å². The van der Waals surface area contributed by atoms with Crippen molar-refractivity contribution in [2.24, 2.45) is 0 Å². The van der Waals surface area contributed by atoms with Gasteiger partial charge in [0.25, 0.3) is 10.0 Å². The number of aromatic nitrogens is 1. The van der Waals surface area contributed by atoms with Gasteiger partial charge in [-0.3, -0.25) is 9.71 Å². The average molecular weight is 414 g/mol. The van der Waals surface area contributed by atoms with Crippen LogP contribution in [0.5, 0.6) is 5.75 Å². The second-order valence-corrected chi connectivity index (χ2v) is 7.34. The molecule has 0 amide bonds. The maximum Gasteiger partial charge on any atom is 0.418 e. The van der Waals surface area contributed by atoms with Crippen LogP contribution in [0, 0.1) is 5.82 Å². The quantitative estimate of drug-likeness (QED) is 0.620. The molecule has 2 aromatic carbocycles. The normalized spacial score (nSPS) is 12.2. The third-order valence-electron chi connectivity index (χ3n) is 3.81. The van der Waals surface area contributed by atoms with Gasteiger partial charge in [-0.05, 0) is 49.4 Å². The SMILES string of the molecule is CCOc1ccc(S(=O)(=O)Nc2ccc(F)cc2C(F)(F)F)c2cccnc12. The Morgan fingerprint density at radius 2 is 1.89 bits per heavy atom. The molecule has 0 bridgehead atoms. The number of nitrogens with one attached hydrogen (secondary N) is 1. The molecule has 0 fully saturated rings. The molecular formula is C18H14F4N2O3S. The van der Waals surface area contributed by atoms with Crippen LogP contribution < -0.4 is 9.46 Å². The summed E-state index contributed by atoms with van der Waals surface area (Å²) < 4.78 is 85.7. The number of hydrogen-bond donors (Lipinski definition) is 1. The summed E-state index contributed by atoms with van der Waals surface area (Å²) in [7, 11) is -4.44. The zero-order valence-electron chi connectivity index (χ0n) is 14.4. The largest absolute Gasteiger partial charge is 0.492 e. The number of ether oxygens (including phenoxy) is 1. The summed E-state index contributed by atoms with van der Waals surface area (Å²) in [6, 6.07) is 7.26. The van der Waals surface area contributed by atoms with Gasteiger partial charge in [0.05, 0.1) is 22.8 Å². The lowest BCUT2D eigenvalue weighted by molar-refractivity contribution is -0.137. The highest BCUT2D eigenvalue weighted by Crippen LogP contribution is 2.37. The molecule has 10 heteroatoms. The first-order valence-corrected chi connectivity index (χ1v) is 9.52. The molecule has 3 aromatic rings. The lowest BCUT2D eigenvalue weighted by atomic mass is 10.2. The van der Waals surface area contributed by atoms with Crippen LogP contribution in [0.15, 0.2) is 53.6 Å². The second kappa shape index (κ2) is 7.27. The van der Waals surface area contributed by atoms with Crippen LogP contribution in [0.1, 0.15) is 12.5 Å². The van der Waals surface area contributed by atoms with Crippen LogP contribution in [0.2, 0.25) is 0 Å². The van der Waals surface area contributed by atoms with E-state index in [4.69, 9.17) is 4.74 Å². The highest BCUT2D eigenvalue weighted by Gasteiger charge is 2.35. The highest BCUT2D eigenvalue weighted by molar-refractivity contribution is 7.93. The number of alkyl halides is 3. The van der Waals surface area contributed by atoms with E-state index in [2.05, 4.69) is 4.98 Å². The van der Waals surface area contributed by atoms with Crippen molar-refractivity contribution >= 4 is 26.6 Å². The van der Waals surface area contributed by atoms with Gasteiger partial charge in [0.2, 0.25) is 0 Å². The van der Waals surface area contributed by atoms with Crippen molar-refractivity contribution in [3.63, 3.8) is 0 Å². The number of rotatable bonds is 5.